The molecule has 1 fully saturated rings. The van der Waals surface area contributed by atoms with Gasteiger partial charge in [0.2, 0.25) is 6.79 Å². The molecule has 32 heavy (non-hydrogen) atoms. The van der Waals surface area contributed by atoms with Crippen LogP contribution in [0.5, 0.6) is 11.5 Å². The van der Waals surface area contributed by atoms with E-state index in [4.69, 9.17) is 18.9 Å². The first-order valence-corrected chi connectivity index (χ1v) is 11.9. The minimum absolute atomic E-state index is 0.00878. The summed E-state index contributed by atoms with van der Waals surface area (Å²) in [6.07, 6.45) is 0. The number of rotatable bonds is 7. The Morgan fingerprint density at radius 3 is 2.16 bits per heavy atom. The molecule has 4 rings (SSSR count). The molecule has 9 heteroatoms. The van der Waals surface area contributed by atoms with Crippen molar-refractivity contribution in [1.29, 1.82) is 0 Å². The highest BCUT2D eigenvalue weighted by Gasteiger charge is 2.81. The summed E-state index contributed by atoms with van der Waals surface area (Å²) in [7, 11) is -4.10. The van der Waals surface area contributed by atoms with Gasteiger partial charge < -0.3 is 18.9 Å². The summed E-state index contributed by atoms with van der Waals surface area (Å²) in [5.41, 5.74) is -0.672. The molecule has 0 unspecified atom stereocenters. The first kappa shape index (κ1) is 22.1. The van der Waals surface area contributed by atoms with Crippen LogP contribution in [0.4, 0.5) is 0 Å². The molecule has 1 heterocycles. The lowest BCUT2D eigenvalue weighted by atomic mass is 9.98. The monoisotopic (exact) mass is 460 g/mol. The van der Waals surface area contributed by atoms with Crippen molar-refractivity contribution in [3.63, 3.8) is 0 Å². The van der Waals surface area contributed by atoms with E-state index in [0.29, 0.717) is 17.1 Å². The average Bonchev–Trinajstić information content (AvgIpc) is 3.29. The van der Waals surface area contributed by atoms with E-state index in [1.165, 1.54) is 12.1 Å². The Balaban J connectivity index is 1.88. The highest BCUT2D eigenvalue weighted by Crippen LogP contribution is 2.66. The molecule has 1 aliphatic heterocycles. The molecule has 0 aromatic heterocycles. The molecule has 1 saturated carbocycles. The average molecular weight is 461 g/mol. The van der Waals surface area contributed by atoms with Crippen LogP contribution in [0.25, 0.3) is 0 Å². The van der Waals surface area contributed by atoms with Crippen molar-refractivity contribution >= 4 is 21.8 Å². The quantitative estimate of drug-likeness (QED) is 0.459. The van der Waals surface area contributed by atoms with Gasteiger partial charge >= 0.3 is 11.9 Å². The molecule has 2 aromatic carbocycles. The fraction of sp³-hybridized carbons (Fsp3) is 0.391. The van der Waals surface area contributed by atoms with Gasteiger partial charge in [0.25, 0.3) is 0 Å². The molecular formula is C23H24O8S. The standard InChI is InChI=1S/C23H24O8S/c1-4-28-21(24)23(22(25)29-5-2)19(15-8-11-17-18(12-15)31-13-30-17)20(23)32(26,27)16-9-6-14(3)7-10-16/h6-12,19-20H,4-5,13H2,1-3H3/t19-,20+/m1/s1. The van der Waals surface area contributed by atoms with Gasteiger partial charge in [-0.2, -0.15) is 0 Å². The summed E-state index contributed by atoms with van der Waals surface area (Å²) in [5.74, 6) is -1.90. The van der Waals surface area contributed by atoms with Crippen molar-refractivity contribution in [1.82, 2.24) is 0 Å². The summed E-state index contributed by atoms with van der Waals surface area (Å²) < 4.78 is 48.5. The molecule has 0 N–H and O–H groups in total. The van der Waals surface area contributed by atoms with Crippen LogP contribution in [0.3, 0.4) is 0 Å². The summed E-state index contributed by atoms with van der Waals surface area (Å²) in [4.78, 5) is 26.3. The largest absolute Gasteiger partial charge is 0.465 e. The number of carbonyl (C=O) groups excluding carboxylic acids is 2. The van der Waals surface area contributed by atoms with Crippen LogP contribution < -0.4 is 9.47 Å². The minimum atomic E-state index is -4.10. The lowest BCUT2D eigenvalue weighted by Crippen LogP contribution is -2.35. The van der Waals surface area contributed by atoms with Gasteiger partial charge in [-0.3, -0.25) is 9.59 Å². The van der Waals surface area contributed by atoms with Crippen molar-refractivity contribution in [3.8, 4) is 11.5 Å². The van der Waals surface area contributed by atoms with E-state index in [0.717, 1.165) is 5.56 Å². The van der Waals surface area contributed by atoms with E-state index in [1.54, 1.807) is 44.2 Å². The zero-order chi connectivity index (χ0) is 23.1. The van der Waals surface area contributed by atoms with Gasteiger partial charge in [0.15, 0.2) is 26.8 Å². The Morgan fingerprint density at radius 2 is 1.56 bits per heavy atom. The predicted octanol–water partition coefficient (Wildman–Crippen LogP) is 2.78. The normalized spacial score (nSPS) is 20.5. The number of hydrogen-bond donors (Lipinski definition) is 0. The van der Waals surface area contributed by atoms with E-state index in [9.17, 15) is 18.0 Å². The van der Waals surface area contributed by atoms with E-state index >= 15 is 0 Å². The Morgan fingerprint density at radius 1 is 0.969 bits per heavy atom. The Hall–Kier alpha value is -3.07. The fourth-order valence-corrected chi connectivity index (χ4v) is 6.56. The number of carbonyl (C=O) groups is 2. The second kappa shape index (κ2) is 8.12. The van der Waals surface area contributed by atoms with Gasteiger partial charge in [-0.05, 0) is 50.6 Å². The second-order valence-corrected chi connectivity index (χ2v) is 9.75. The number of ether oxygens (including phenoxy) is 4. The molecule has 2 aliphatic rings. The van der Waals surface area contributed by atoms with Gasteiger partial charge in [0.05, 0.1) is 18.1 Å². The smallest absolute Gasteiger partial charge is 0.325 e. The van der Waals surface area contributed by atoms with Crippen LogP contribution in [0.2, 0.25) is 0 Å². The first-order valence-electron chi connectivity index (χ1n) is 10.3. The topological polar surface area (TPSA) is 105 Å². The maximum Gasteiger partial charge on any atom is 0.325 e. The summed E-state index contributed by atoms with van der Waals surface area (Å²) >= 11 is 0. The molecule has 0 bridgehead atoms. The van der Waals surface area contributed by atoms with Gasteiger partial charge in [-0.1, -0.05) is 23.8 Å². The van der Waals surface area contributed by atoms with Crippen molar-refractivity contribution in [2.45, 2.75) is 36.8 Å². The Labute approximate surface area is 186 Å². The maximum atomic E-state index is 13.7. The molecule has 2 atom stereocenters. The number of aryl methyl sites for hydroxylation is 1. The summed E-state index contributed by atoms with van der Waals surface area (Å²) in [6, 6.07) is 11.2. The fourth-order valence-electron chi connectivity index (χ4n) is 4.27. The lowest BCUT2D eigenvalue weighted by Gasteiger charge is -2.15. The second-order valence-electron chi connectivity index (χ2n) is 7.68. The molecular weight excluding hydrogens is 436 g/mol. The first-order chi connectivity index (χ1) is 15.3. The summed E-state index contributed by atoms with van der Waals surface area (Å²) in [5, 5.41) is -1.38. The van der Waals surface area contributed by atoms with Crippen molar-refractivity contribution in [3.05, 3.63) is 53.6 Å². The highest BCUT2D eigenvalue weighted by atomic mass is 32.2. The summed E-state index contributed by atoms with van der Waals surface area (Å²) in [6.45, 7) is 5.05. The number of sulfone groups is 1. The molecule has 0 amide bonds. The van der Waals surface area contributed by atoms with Crippen LogP contribution in [-0.2, 0) is 28.9 Å². The third kappa shape index (κ3) is 3.31. The van der Waals surface area contributed by atoms with E-state index in [-0.39, 0.29) is 24.9 Å². The van der Waals surface area contributed by atoms with Crippen molar-refractivity contribution in [2.75, 3.05) is 20.0 Å². The molecule has 2 aromatic rings. The van der Waals surface area contributed by atoms with Gasteiger partial charge in [-0.15, -0.1) is 0 Å². The number of hydrogen-bond acceptors (Lipinski definition) is 8. The molecule has 0 radical (unpaired) electrons. The highest BCUT2D eigenvalue weighted by molar-refractivity contribution is 7.92. The molecule has 0 spiro atoms. The SMILES string of the molecule is CCOC(=O)C1(C(=O)OCC)[C@H](c2ccc3c(c2)OCO3)[C@@H]1S(=O)(=O)c1ccc(C)cc1. The van der Waals surface area contributed by atoms with Crippen molar-refractivity contribution in [2.24, 2.45) is 5.41 Å². The van der Waals surface area contributed by atoms with Gasteiger partial charge in [0, 0.05) is 5.92 Å². The Kier molecular flexibility index (Phi) is 5.62. The van der Waals surface area contributed by atoms with Crippen LogP contribution in [0, 0.1) is 12.3 Å². The zero-order valence-corrected chi connectivity index (χ0v) is 18.8. The van der Waals surface area contributed by atoms with Gasteiger partial charge in [0.1, 0.15) is 5.25 Å². The number of fused-ring (bicyclic) bond motifs is 1. The third-order valence-corrected chi connectivity index (χ3v) is 8.04. The van der Waals surface area contributed by atoms with Crippen LogP contribution in [0.15, 0.2) is 47.4 Å². The minimum Gasteiger partial charge on any atom is -0.465 e. The lowest BCUT2D eigenvalue weighted by molar-refractivity contribution is -0.164. The molecule has 8 nitrogen and oxygen atoms in total. The maximum absolute atomic E-state index is 13.7. The number of esters is 2. The molecule has 0 saturated heterocycles. The van der Waals surface area contributed by atoms with E-state index in [1.807, 2.05) is 6.92 Å². The van der Waals surface area contributed by atoms with Crippen molar-refractivity contribution < 1.29 is 37.0 Å². The zero-order valence-electron chi connectivity index (χ0n) is 18.0. The number of benzene rings is 2. The van der Waals surface area contributed by atoms with E-state index < -0.39 is 38.4 Å². The van der Waals surface area contributed by atoms with E-state index in [2.05, 4.69) is 0 Å². The van der Waals surface area contributed by atoms with Crippen LogP contribution >= 0.6 is 0 Å². The van der Waals surface area contributed by atoms with Crippen LogP contribution in [0.1, 0.15) is 30.9 Å². The molecule has 1 aliphatic carbocycles. The van der Waals surface area contributed by atoms with Gasteiger partial charge in [-0.25, -0.2) is 8.42 Å². The predicted molar refractivity (Wildman–Crippen MR) is 113 cm³/mol. The molecule has 170 valence electrons. The van der Waals surface area contributed by atoms with Crippen LogP contribution in [-0.4, -0.2) is 45.6 Å². The third-order valence-electron chi connectivity index (χ3n) is 5.80. The Bertz CT molecular complexity index is 1140.